The van der Waals surface area contributed by atoms with Crippen molar-refractivity contribution >= 4 is 18.0 Å². The van der Waals surface area contributed by atoms with Crippen molar-refractivity contribution in [2.24, 2.45) is 0 Å². The molecule has 3 rings (SSSR count). The second-order valence-corrected chi connectivity index (χ2v) is 7.21. The number of ether oxygens (including phenoxy) is 1. The molecule has 0 aromatic heterocycles. The molecule has 2 atom stereocenters. The van der Waals surface area contributed by atoms with Gasteiger partial charge in [0.2, 0.25) is 5.91 Å². The standard InChI is InChI=1S/C22H24N2O6/c1-13(25)11-23-21(28)19(10-20(26)27)24-22(29)30-12-18-16-8-4-2-6-14(16)15-7-3-5-9-17(15)18/h2-9,13,18-19,25H,10-12H2,1H3,(H,23,28)(H,24,29)(H,26,27). The van der Waals surface area contributed by atoms with Gasteiger partial charge in [0.25, 0.3) is 0 Å². The first-order valence-electron chi connectivity index (χ1n) is 9.66. The average molecular weight is 412 g/mol. The molecule has 0 radical (unpaired) electrons. The zero-order chi connectivity index (χ0) is 21.7. The lowest BCUT2D eigenvalue weighted by molar-refractivity contribution is -0.139. The first-order valence-corrected chi connectivity index (χ1v) is 9.66. The van der Waals surface area contributed by atoms with Crippen LogP contribution >= 0.6 is 0 Å². The lowest BCUT2D eigenvalue weighted by atomic mass is 9.98. The van der Waals surface area contributed by atoms with E-state index >= 15 is 0 Å². The quantitative estimate of drug-likeness (QED) is 0.525. The molecule has 0 saturated carbocycles. The lowest BCUT2D eigenvalue weighted by Gasteiger charge is -2.19. The molecular formula is C22H24N2O6. The number of carboxylic acids is 1. The first-order chi connectivity index (χ1) is 14.4. The summed E-state index contributed by atoms with van der Waals surface area (Å²) in [6.45, 7) is 1.47. The molecule has 1 aliphatic rings. The summed E-state index contributed by atoms with van der Waals surface area (Å²) >= 11 is 0. The Morgan fingerprint density at radius 2 is 1.60 bits per heavy atom. The van der Waals surface area contributed by atoms with Gasteiger partial charge < -0.3 is 25.6 Å². The maximum Gasteiger partial charge on any atom is 0.407 e. The molecule has 8 nitrogen and oxygen atoms in total. The molecule has 0 aliphatic heterocycles. The smallest absolute Gasteiger partial charge is 0.407 e. The maximum absolute atomic E-state index is 12.3. The van der Waals surface area contributed by atoms with E-state index in [2.05, 4.69) is 10.6 Å². The normalized spacial score (nSPS) is 14.2. The highest BCUT2D eigenvalue weighted by Gasteiger charge is 2.30. The summed E-state index contributed by atoms with van der Waals surface area (Å²) in [5.41, 5.74) is 4.26. The second-order valence-electron chi connectivity index (χ2n) is 7.21. The van der Waals surface area contributed by atoms with Crippen LogP contribution in [0.4, 0.5) is 4.79 Å². The first kappa shape index (κ1) is 21.3. The fraction of sp³-hybridized carbons (Fsp3) is 0.318. The number of alkyl carbamates (subject to hydrolysis) is 1. The Bertz CT molecular complexity index is 897. The Labute approximate surface area is 173 Å². The highest BCUT2D eigenvalue weighted by atomic mass is 16.5. The minimum atomic E-state index is -1.31. The number of aliphatic hydroxyl groups excluding tert-OH is 1. The summed E-state index contributed by atoms with van der Waals surface area (Å²) in [5, 5.41) is 23.0. The van der Waals surface area contributed by atoms with Crippen LogP contribution in [0.3, 0.4) is 0 Å². The predicted molar refractivity (Wildman–Crippen MR) is 109 cm³/mol. The molecule has 2 amide bonds. The van der Waals surface area contributed by atoms with Crippen LogP contribution in [0, 0.1) is 0 Å². The van der Waals surface area contributed by atoms with Gasteiger partial charge in [-0.1, -0.05) is 48.5 Å². The fourth-order valence-corrected chi connectivity index (χ4v) is 3.54. The van der Waals surface area contributed by atoms with Crippen LogP contribution in [-0.4, -0.2) is 53.5 Å². The van der Waals surface area contributed by atoms with Crippen molar-refractivity contribution in [1.29, 1.82) is 0 Å². The van der Waals surface area contributed by atoms with E-state index in [1.165, 1.54) is 6.92 Å². The zero-order valence-electron chi connectivity index (χ0n) is 16.5. The van der Waals surface area contributed by atoms with Crippen LogP contribution in [0.5, 0.6) is 0 Å². The second kappa shape index (κ2) is 9.41. The number of benzene rings is 2. The number of fused-ring (bicyclic) bond motifs is 3. The molecule has 1 aliphatic carbocycles. The Hall–Kier alpha value is -3.39. The highest BCUT2D eigenvalue weighted by molar-refractivity contribution is 5.89. The van der Waals surface area contributed by atoms with Crippen LogP contribution < -0.4 is 10.6 Å². The van der Waals surface area contributed by atoms with Gasteiger partial charge in [-0.05, 0) is 29.2 Å². The molecule has 2 unspecified atom stereocenters. The van der Waals surface area contributed by atoms with Gasteiger partial charge in [0.1, 0.15) is 12.6 Å². The minimum absolute atomic E-state index is 0.0505. The van der Waals surface area contributed by atoms with Crippen LogP contribution in [-0.2, 0) is 14.3 Å². The maximum atomic E-state index is 12.3. The van der Waals surface area contributed by atoms with Crippen molar-refractivity contribution in [3.8, 4) is 11.1 Å². The molecule has 2 aromatic carbocycles. The molecule has 0 saturated heterocycles. The third-order valence-electron chi connectivity index (χ3n) is 4.90. The van der Waals surface area contributed by atoms with E-state index in [1.54, 1.807) is 0 Å². The van der Waals surface area contributed by atoms with Gasteiger partial charge in [-0.25, -0.2) is 4.79 Å². The Kier molecular flexibility index (Phi) is 6.68. The van der Waals surface area contributed by atoms with Crippen molar-refractivity contribution in [2.45, 2.75) is 31.4 Å². The largest absolute Gasteiger partial charge is 0.481 e. The van der Waals surface area contributed by atoms with Crippen LogP contribution in [0.25, 0.3) is 11.1 Å². The van der Waals surface area contributed by atoms with E-state index in [-0.39, 0.29) is 19.1 Å². The molecule has 0 bridgehead atoms. The summed E-state index contributed by atoms with van der Waals surface area (Å²) in [7, 11) is 0. The van der Waals surface area contributed by atoms with Gasteiger partial charge in [-0.3, -0.25) is 9.59 Å². The van der Waals surface area contributed by atoms with E-state index in [4.69, 9.17) is 9.84 Å². The Balaban J connectivity index is 1.65. The number of hydrogen-bond acceptors (Lipinski definition) is 5. The van der Waals surface area contributed by atoms with E-state index in [9.17, 15) is 19.5 Å². The van der Waals surface area contributed by atoms with Crippen molar-refractivity contribution in [1.82, 2.24) is 10.6 Å². The highest BCUT2D eigenvalue weighted by Crippen LogP contribution is 2.44. The van der Waals surface area contributed by atoms with Crippen molar-refractivity contribution in [2.75, 3.05) is 13.2 Å². The van der Waals surface area contributed by atoms with Gasteiger partial charge in [-0.2, -0.15) is 0 Å². The number of carbonyl (C=O) groups is 3. The fourth-order valence-electron chi connectivity index (χ4n) is 3.54. The number of hydrogen-bond donors (Lipinski definition) is 4. The van der Waals surface area contributed by atoms with Crippen LogP contribution in [0.1, 0.15) is 30.4 Å². The summed E-state index contributed by atoms with van der Waals surface area (Å²) in [5.74, 6) is -2.09. The number of carboxylic acid groups (broad SMARTS) is 1. The lowest BCUT2D eigenvalue weighted by Crippen LogP contribution is -2.49. The summed E-state index contributed by atoms with van der Waals surface area (Å²) in [6, 6.07) is 14.4. The molecular weight excluding hydrogens is 388 g/mol. The summed E-state index contributed by atoms with van der Waals surface area (Å²) in [6.07, 6.45) is -2.28. The molecule has 158 valence electrons. The van der Waals surface area contributed by atoms with Gasteiger partial charge in [0.05, 0.1) is 12.5 Å². The van der Waals surface area contributed by atoms with E-state index < -0.39 is 36.5 Å². The number of nitrogens with one attached hydrogen (secondary N) is 2. The summed E-state index contributed by atoms with van der Waals surface area (Å²) < 4.78 is 5.36. The Morgan fingerprint density at radius 1 is 1.03 bits per heavy atom. The summed E-state index contributed by atoms with van der Waals surface area (Å²) in [4.78, 5) is 35.5. The Morgan fingerprint density at radius 3 is 2.13 bits per heavy atom. The van der Waals surface area contributed by atoms with Crippen LogP contribution in [0.2, 0.25) is 0 Å². The molecule has 30 heavy (non-hydrogen) atoms. The minimum Gasteiger partial charge on any atom is -0.481 e. The third kappa shape index (κ3) is 4.96. The van der Waals surface area contributed by atoms with Crippen molar-refractivity contribution in [3.63, 3.8) is 0 Å². The zero-order valence-corrected chi connectivity index (χ0v) is 16.5. The molecule has 0 spiro atoms. The van der Waals surface area contributed by atoms with Gasteiger partial charge in [0.15, 0.2) is 0 Å². The number of amides is 2. The predicted octanol–water partition coefficient (Wildman–Crippen LogP) is 1.87. The van der Waals surface area contributed by atoms with Crippen molar-refractivity contribution < 1.29 is 29.3 Å². The molecule has 0 heterocycles. The molecule has 8 heteroatoms. The molecule has 0 fully saturated rings. The SMILES string of the molecule is CC(O)CNC(=O)C(CC(=O)O)NC(=O)OCC1c2ccccc2-c2ccccc21. The average Bonchev–Trinajstić information content (AvgIpc) is 3.03. The number of carbonyl (C=O) groups excluding carboxylic acids is 2. The van der Waals surface area contributed by atoms with E-state index in [0.29, 0.717) is 0 Å². The van der Waals surface area contributed by atoms with E-state index in [0.717, 1.165) is 22.3 Å². The van der Waals surface area contributed by atoms with Crippen LogP contribution in [0.15, 0.2) is 48.5 Å². The third-order valence-corrected chi connectivity index (χ3v) is 4.90. The van der Waals surface area contributed by atoms with Crippen molar-refractivity contribution in [3.05, 3.63) is 59.7 Å². The monoisotopic (exact) mass is 412 g/mol. The topological polar surface area (TPSA) is 125 Å². The van der Waals surface area contributed by atoms with E-state index in [1.807, 2.05) is 48.5 Å². The number of rotatable bonds is 8. The van der Waals surface area contributed by atoms with Gasteiger partial charge in [-0.15, -0.1) is 0 Å². The molecule has 4 N–H and O–H groups in total. The molecule has 2 aromatic rings. The van der Waals surface area contributed by atoms with Gasteiger partial charge >= 0.3 is 12.1 Å². The van der Waals surface area contributed by atoms with Gasteiger partial charge in [0, 0.05) is 12.5 Å². The number of aliphatic hydroxyl groups is 1. The number of aliphatic carboxylic acids is 1.